The minimum atomic E-state index is -1.20. The summed E-state index contributed by atoms with van der Waals surface area (Å²) in [5.74, 6) is 0.107. The molecule has 4 N–H and O–H groups in total. The number of carbonyl (C=O) groups excluding carboxylic acids is 1. The average molecular weight is 200 g/mol. The van der Waals surface area contributed by atoms with E-state index in [9.17, 15) is 4.79 Å². The van der Waals surface area contributed by atoms with Crippen LogP contribution in [0.3, 0.4) is 0 Å². The van der Waals surface area contributed by atoms with E-state index < -0.39 is 12.0 Å². The Labute approximate surface area is 80.3 Å². The minimum absolute atomic E-state index is 0.0662. The Morgan fingerprint density at radius 2 is 2.43 bits per heavy atom. The Bertz CT molecular complexity index is 312. The lowest BCUT2D eigenvalue weighted by molar-refractivity contribution is -0.125. The van der Waals surface area contributed by atoms with Gasteiger partial charge in [-0.3, -0.25) is 4.79 Å². The van der Waals surface area contributed by atoms with Gasteiger partial charge in [0.15, 0.2) is 0 Å². The second kappa shape index (κ2) is 4.68. The second-order valence-electron chi connectivity index (χ2n) is 2.76. The van der Waals surface area contributed by atoms with Crippen molar-refractivity contribution in [2.45, 2.75) is 19.6 Å². The van der Waals surface area contributed by atoms with Crippen molar-refractivity contribution in [2.24, 2.45) is 5.73 Å². The van der Waals surface area contributed by atoms with E-state index in [4.69, 9.17) is 15.3 Å². The molecule has 0 aliphatic carbocycles. The molecule has 0 aliphatic heterocycles. The third-order valence-corrected chi connectivity index (χ3v) is 1.51. The molecule has 1 unspecified atom stereocenters. The van der Waals surface area contributed by atoms with Gasteiger partial charge < -0.3 is 20.6 Å². The lowest BCUT2D eigenvalue weighted by Crippen LogP contribution is -2.37. The average Bonchev–Trinajstić information content (AvgIpc) is 2.51. The maximum atomic E-state index is 10.4. The highest BCUT2D eigenvalue weighted by Gasteiger charge is 2.10. The molecule has 1 rings (SSSR count). The Morgan fingerprint density at radius 3 is 2.93 bits per heavy atom. The molecule has 0 aliphatic rings. The first-order valence-corrected chi connectivity index (χ1v) is 4.06. The Hall–Kier alpha value is -1.47. The molecule has 14 heavy (non-hydrogen) atoms. The van der Waals surface area contributed by atoms with Gasteiger partial charge >= 0.3 is 0 Å². The SMILES string of the molecule is Cc1nnc(CNCC(O)C(N)=O)o1. The molecule has 0 fully saturated rings. The van der Waals surface area contributed by atoms with E-state index in [0.717, 1.165) is 0 Å². The molecule has 0 aromatic carbocycles. The third kappa shape index (κ3) is 3.11. The van der Waals surface area contributed by atoms with Gasteiger partial charge in [0.25, 0.3) is 0 Å². The fourth-order valence-electron chi connectivity index (χ4n) is 0.825. The van der Waals surface area contributed by atoms with Crippen LogP contribution in [-0.2, 0) is 11.3 Å². The van der Waals surface area contributed by atoms with Gasteiger partial charge in [-0.2, -0.15) is 0 Å². The smallest absolute Gasteiger partial charge is 0.247 e. The van der Waals surface area contributed by atoms with Crippen molar-refractivity contribution in [3.8, 4) is 0 Å². The molecule has 0 saturated heterocycles. The number of aromatic nitrogens is 2. The van der Waals surface area contributed by atoms with Crippen LogP contribution in [0, 0.1) is 6.92 Å². The molecule has 0 spiro atoms. The summed E-state index contributed by atoms with van der Waals surface area (Å²) in [5.41, 5.74) is 4.84. The predicted molar refractivity (Wildman–Crippen MR) is 45.9 cm³/mol. The molecule has 78 valence electrons. The lowest BCUT2D eigenvalue weighted by atomic mass is 10.3. The van der Waals surface area contributed by atoms with Crippen molar-refractivity contribution in [3.63, 3.8) is 0 Å². The Kier molecular flexibility index (Phi) is 3.55. The molecule has 1 aromatic heterocycles. The Balaban J connectivity index is 2.25. The van der Waals surface area contributed by atoms with E-state index in [1.807, 2.05) is 0 Å². The number of hydrogen-bond acceptors (Lipinski definition) is 6. The van der Waals surface area contributed by atoms with Crippen LogP contribution >= 0.6 is 0 Å². The maximum absolute atomic E-state index is 10.4. The van der Waals surface area contributed by atoms with Crippen molar-refractivity contribution < 1.29 is 14.3 Å². The van der Waals surface area contributed by atoms with Crippen LogP contribution in [0.5, 0.6) is 0 Å². The molecule has 1 heterocycles. The van der Waals surface area contributed by atoms with Crippen LogP contribution in [0.4, 0.5) is 0 Å². The zero-order valence-electron chi connectivity index (χ0n) is 7.73. The number of aliphatic hydroxyl groups excluding tert-OH is 1. The number of carbonyl (C=O) groups is 1. The largest absolute Gasteiger partial charge is 0.424 e. The van der Waals surface area contributed by atoms with Crippen molar-refractivity contribution >= 4 is 5.91 Å². The Morgan fingerprint density at radius 1 is 1.71 bits per heavy atom. The van der Waals surface area contributed by atoms with E-state index in [2.05, 4.69) is 15.5 Å². The molecular weight excluding hydrogens is 188 g/mol. The number of rotatable bonds is 5. The quantitative estimate of drug-likeness (QED) is 0.522. The van der Waals surface area contributed by atoms with Crippen molar-refractivity contribution in [3.05, 3.63) is 11.8 Å². The van der Waals surface area contributed by atoms with Crippen molar-refractivity contribution in [1.29, 1.82) is 0 Å². The van der Waals surface area contributed by atoms with Crippen LogP contribution in [-0.4, -0.2) is 33.9 Å². The first-order valence-electron chi connectivity index (χ1n) is 4.06. The van der Waals surface area contributed by atoms with Crippen LogP contribution < -0.4 is 11.1 Å². The number of nitrogens with two attached hydrogens (primary N) is 1. The van der Waals surface area contributed by atoms with Crippen molar-refractivity contribution in [2.75, 3.05) is 6.54 Å². The predicted octanol–water partition coefficient (Wildman–Crippen LogP) is -1.69. The van der Waals surface area contributed by atoms with Crippen LogP contribution in [0.25, 0.3) is 0 Å². The first-order chi connectivity index (χ1) is 6.59. The van der Waals surface area contributed by atoms with Crippen molar-refractivity contribution in [1.82, 2.24) is 15.5 Å². The number of hydrogen-bond donors (Lipinski definition) is 3. The summed E-state index contributed by atoms with van der Waals surface area (Å²) in [5, 5.41) is 19.1. The van der Waals surface area contributed by atoms with E-state index in [1.54, 1.807) is 6.92 Å². The summed E-state index contributed by atoms with van der Waals surface area (Å²) in [6, 6.07) is 0. The molecule has 0 saturated carbocycles. The number of aryl methyl sites for hydroxylation is 1. The van der Waals surface area contributed by atoms with E-state index in [1.165, 1.54) is 0 Å². The van der Waals surface area contributed by atoms with E-state index >= 15 is 0 Å². The molecule has 7 heteroatoms. The third-order valence-electron chi connectivity index (χ3n) is 1.51. The van der Waals surface area contributed by atoms with Gasteiger partial charge in [0.2, 0.25) is 17.7 Å². The molecule has 0 radical (unpaired) electrons. The summed E-state index contributed by atoms with van der Waals surface area (Å²) in [6.07, 6.45) is -1.20. The summed E-state index contributed by atoms with van der Waals surface area (Å²) < 4.78 is 5.04. The fourth-order valence-corrected chi connectivity index (χ4v) is 0.825. The topological polar surface area (TPSA) is 114 Å². The molecule has 1 aromatic rings. The molecular formula is C7H12N4O3. The van der Waals surface area contributed by atoms with Crippen LogP contribution in [0.1, 0.15) is 11.8 Å². The maximum Gasteiger partial charge on any atom is 0.247 e. The van der Waals surface area contributed by atoms with Gasteiger partial charge in [-0.15, -0.1) is 10.2 Å². The number of amides is 1. The van der Waals surface area contributed by atoms with E-state index in [-0.39, 0.29) is 6.54 Å². The molecule has 1 amide bonds. The standard InChI is InChI=1S/C7H12N4O3/c1-4-10-11-6(14-4)3-9-2-5(12)7(8)13/h5,9,12H,2-3H2,1H3,(H2,8,13). The molecule has 1 atom stereocenters. The summed E-state index contributed by atoms with van der Waals surface area (Å²) >= 11 is 0. The summed E-state index contributed by atoms with van der Waals surface area (Å²) in [6.45, 7) is 2.04. The second-order valence-corrected chi connectivity index (χ2v) is 2.76. The van der Waals surface area contributed by atoms with Gasteiger partial charge in [0, 0.05) is 13.5 Å². The van der Waals surface area contributed by atoms with Crippen LogP contribution in [0.2, 0.25) is 0 Å². The zero-order chi connectivity index (χ0) is 10.6. The van der Waals surface area contributed by atoms with Gasteiger partial charge in [-0.1, -0.05) is 0 Å². The van der Waals surface area contributed by atoms with Gasteiger partial charge in [-0.25, -0.2) is 0 Å². The summed E-state index contributed by atoms with van der Waals surface area (Å²) in [7, 11) is 0. The highest BCUT2D eigenvalue weighted by atomic mass is 16.4. The highest BCUT2D eigenvalue weighted by molar-refractivity contribution is 5.78. The number of nitrogens with zero attached hydrogens (tertiary/aromatic N) is 2. The minimum Gasteiger partial charge on any atom is -0.424 e. The lowest BCUT2D eigenvalue weighted by Gasteiger charge is -2.05. The normalized spacial score (nSPS) is 12.7. The number of aliphatic hydroxyl groups is 1. The highest BCUT2D eigenvalue weighted by Crippen LogP contribution is 1.96. The van der Waals surface area contributed by atoms with Gasteiger partial charge in [0.05, 0.1) is 6.54 Å². The monoisotopic (exact) mass is 200 g/mol. The number of primary amides is 1. The fraction of sp³-hybridized carbons (Fsp3) is 0.571. The van der Waals surface area contributed by atoms with E-state index in [0.29, 0.717) is 18.3 Å². The number of nitrogens with one attached hydrogen (secondary N) is 1. The van der Waals surface area contributed by atoms with Crippen LogP contribution in [0.15, 0.2) is 4.42 Å². The first kappa shape index (κ1) is 10.6. The van der Waals surface area contributed by atoms with Gasteiger partial charge in [-0.05, 0) is 0 Å². The van der Waals surface area contributed by atoms with Gasteiger partial charge in [0.1, 0.15) is 6.10 Å². The summed E-state index contributed by atoms with van der Waals surface area (Å²) in [4.78, 5) is 10.4. The molecule has 7 nitrogen and oxygen atoms in total. The zero-order valence-corrected chi connectivity index (χ0v) is 7.73. The molecule has 0 bridgehead atoms.